The second-order valence-corrected chi connectivity index (χ2v) is 14.1. The summed E-state index contributed by atoms with van der Waals surface area (Å²) >= 11 is -1.81. The van der Waals surface area contributed by atoms with E-state index in [-0.39, 0.29) is 24.8 Å². The normalized spacial score (nSPS) is 12.9. The minimum atomic E-state index is -1.81. The molecule has 0 radical (unpaired) electrons. The first-order chi connectivity index (χ1) is 17.8. The summed E-state index contributed by atoms with van der Waals surface area (Å²) in [6, 6.07) is 36.2. The SMILES string of the molecule is CC[C](CC)=[Ti+2]([C]1=CC=CC1)[CH]1c2cc(-c3ccccc3)ccc2-c2ccc(-c3ccccc3)cc21.[Cl-].[Cl-]. The van der Waals surface area contributed by atoms with Gasteiger partial charge < -0.3 is 24.8 Å². The molecule has 0 spiro atoms. The molecule has 0 aliphatic heterocycles. The average Bonchev–Trinajstić information content (AvgIpc) is 3.59. The van der Waals surface area contributed by atoms with Crippen LogP contribution in [0.5, 0.6) is 0 Å². The van der Waals surface area contributed by atoms with Crippen LogP contribution in [-0.2, 0) is 17.4 Å². The van der Waals surface area contributed by atoms with Crippen LogP contribution in [0.15, 0.2) is 119 Å². The second kappa shape index (κ2) is 12.6. The van der Waals surface area contributed by atoms with Gasteiger partial charge in [0.2, 0.25) is 0 Å². The zero-order valence-corrected chi connectivity index (χ0v) is 25.0. The van der Waals surface area contributed by atoms with Gasteiger partial charge in [0.15, 0.2) is 0 Å². The Hall–Kier alpha value is -2.48. The summed E-state index contributed by atoms with van der Waals surface area (Å²) in [5.41, 5.74) is 11.3. The van der Waals surface area contributed by atoms with Crippen molar-refractivity contribution in [1.82, 2.24) is 0 Å². The molecule has 2 aliphatic carbocycles. The monoisotopic (exact) mass is 570 g/mol. The van der Waals surface area contributed by atoms with E-state index in [9.17, 15) is 0 Å². The fraction of sp³-hybridized carbons (Fsp3) is 0.171. The first kappa shape index (κ1) is 28.5. The molecule has 0 saturated heterocycles. The first-order valence-corrected chi connectivity index (χ1v) is 15.7. The van der Waals surface area contributed by atoms with Crippen LogP contribution in [0.3, 0.4) is 0 Å². The van der Waals surface area contributed by atoms with Crippen molar-refractivity contribution in [3.8, 4) is 33.4 Å². The molecule has 3 heteroatoms. The number of halogens is 2. The van der Waals surface area contributed by atoms with Gasteiger partial charge in [0.05, 0.1) is 0 Å². The second-order valence-electron chi connectivity index (χ2n) is 9.82. The van der Waals surface area contributed by atoms with Crippen molar-refractivity contribution < 1.29 is 42.2 Å². The van der Waals surface area contributed by atoms with Crippen molar-refractivity contribution in [2.45, 2.75) is 37.3 Å². The van der Waals surface area contributed by atoms with Gasteiger partial charge in [0, 0.05) is 0 Å². The largest absolute Gasteiger partial charge is 1.00 e. The van der Waals surface area contributed by atoms with Gasteiger partial charge in [0.1, 0.15) is 0 Å². The standard InChI is InChI=1S/C25H17.C5H5.C5H10.2ClH.Ti/c1-3-7-18(8-4-1)20-11-13-24-22(15-20)17-23-16-21(12-14-25(23)24)19-9-5-2-6-10-19;1-2-4-5-3-1;1-3-5-4-2;;;/h1-17H;1-3H,4H2;3-4H2,1-2H3;2*1H;/q;;;;;+2/p-2. The average molecular weight is 571 g/mol. The molecule has 190 valence electrons. The molecule has 4 aromatic rings. The number of hydrogen-bond donors (Lipinski definition) is 0. The van der Waals surface area contributed by atoms with Crippen LogP contribution < -0.4 is 24.8 Å². The summed E-state index contributed by atoms with van der Waals surface area (Å²) in [5.74, 6) is 0. The van der Waals surface area contributed by atoms with Crippen molar-refractivity contribution in [2.75, 3.05) is 0 Å². The molecule has 0 fully saturated rings. The summed E-state index contributed by atoms with van der Waals surface area (Å²) < 4.78 is 4.06. The molecule has 0 unspecified atom stereocenters. The van der Waals surface area contributed by atoms with E-state index >= 15 is 0 Å². The van der Waals surface area contributed by atoms with Gasteiger partial charge in [-0.3, -0.25) is 0 Å². The molecule has 4 aromatic carbocycles. The number of fused-ring (bicyclic) bond motifs is 3. The van der Waals surface area contributed by atoms with E-state index in [1.165, 1.54) is 46.2 Å². The molecule has 0 atom stereocenters. The van der Waals surface area contributed by atoms with Crippen molar-refractivity contribution in [3.63, 3.8) is 0 Å². The zero-order chi connectivity index (χ0) is 24.5. The third-order valence-electron chi connectivity index (χ3n) is 7.87. The van der Waals surface area contributed by atoms with E-state index in [0.29, 0.717) is 4.22 Å². The molecular formula is C35H32Cl2Ti. The van der Waals surface area contributed by atoms with Crippen molar-refractivity contribution in [3.05, 3.63) is 130 Å². The Labute approximate surface area is 245 Å². The van der Waals surface area contributed by atoms with Crippen molar-refractivity contribution >= 4 is 3.81 Å². The van der Waals surface area contributed by atoms with E-state index in [1.54, 1.807) is 15.0 Å². The Morgan fingerprint density at radius 3 is 1.58 bits per heavy atom. The molecular weight excluding hydrogens is 539 g/mol. The minimum Gasteiger partial charge on any atom is -1.00 e. The predicted octanol–water partition coefficient (Wildman–Crippen LogP) is 3.55. The molecule has 0 N–H and O–H groups in total. The Balaban J connectivity index is 0.00000168. The van der Waals surface area contributed by atoms with Gasteiger partial charge in [0.25, 0.3) is 0 Å². The number of allylic oxidation sites excluding steroid dienone is 4. The third-order valence-corrected chi connectivity index (χ3v) is 13.7. The molecule has 2 aliphatic rings. The number of benzene rings is 4. The number of rotatable bonds is 6. The zero-order valence-electron chi connectivity index (χ0n) is 21.9. The van der Waals surface area contributed by atoms with Crippen LogP contribution in [-0.4, -0.2) is 3.81 Å². The third kappa shape index (κ3) is 5.21. The van der Waals surface area contributed by atoms with E-state index in [2.05, 4.69) is 129 Å². The molecule has 0 amide bonds. The summed E-state index contributed by atoms with van der Waals surface area (Å²) in [5, 5.41) is 0. The van der Waals surface area contributed by atoms with Gasteiger partial charge in [-0.25, -0.2) is 0 Å². The first-order valence-electron chi connectivity index (χ1n) is 13.3. The fourth-order valence-electron chi connectivity index (χ4n) is 6.09. The molecule has 38 heavy (non-hydrogen) atoms. The van der Waals surface area contributed by atoms with Crippen LogP contribution in [0.25, 0.3) is 33.4 Å². The minimum absolute atomic E-state index is 0. The van der Waals surface area contributed by atoms with Gasteiger partial charge >= 0.3 is 222 Å². The van der Waals surface area contributed by atoms with Crippen LogP contribution >= 0.6 is 0 Å². The molecule has 0 aromatic heterocycles. The van der Waals surface area contributed by atoms with Crippen molar-refractivity contribution in [2.24, 2.45) is 0 Å². The van der Waals surface area contributed by atoms with Gasteiger partial charge in [-0.1, -0.05) is 0 Å². The Morgan fingerprint density at radius 1 is 0.658 bits per heavy atom. The van der Waals surface area contributed by atoms with E-state index in [4.69, 9.17) is 0 Å². The molecule has 6 rings (SSSR count). The fourth-order valence-corrected chi connectivity index (χ4v) is 11.9. The van der Waals surface area contributed by atoms with E-state index in [1.807, 2.05) is 3.81 Å². The van der Waals surface area contributed by atoms with Crippen molar-refractivity contribution in [1.29, 1.82) is 0 Å². The van der Waals surface area contributed by atoms with Gasteiger partial charge in [-0.2, -0.15) is 0 Å². The number of hydrogen-bond acceptors (Lipinski definition) is 0. The van der Waals surface area contributed by atoms with Gasteiger partial charge in [-0.05, 0) is 0 Å². The van der Waals surface area contributed by atoms with Gasteiger partial charge in [-0.15, -0.1) is 0 Å². The van der Waals surface area contributed by atoms with Crippen LogP contribution in [0, 0.1) is 0 Å². The molecule has 0 saturated carbocycles. The summed E-state index contributed by atoms with van der Waals surface area (Å²) in [6.45, 7) is 4.76. The maximum absolute atomic E-state index is 2.52. The van der Waals surface area contributed by atoms with E-state index < -0.39 is 17.4 Å². The van der Waals surface area contributed by atoms with E-state index in [0.717, 1.165) is 6.42 Å². The Morgan fingerprint density at radius 2 is 1.16 bits per heavy atom. The quantitative estimate of drug-likeness (QED) is 0.311. The molecule has 0 heterocycles. The summed E-state index contributed by atoms with van der Waals surface area (Å²) in [4.78, 5) is 0. The topological polar surface area (TPSA) is 0 Å². The summed E-state index contributed by atoms with van der Waals surface area (Å²) in [6.07, 6.45) is 10.6. The van der Waals surface area contributed by atoms with Crippen LogP contribution in [0.4, 0.5) is 0 Å². The Kier molecular flexibility index (Phi) is 9.45. The van der Waals surface area contributed by atoms with Crippen LogP contribution in [0.1, 0.15) is 48.5 Å². The maximum atomic E-state index is 2.52. The maximum Gasteiger partial charge on any atom is -1.00 e. The molecule has 0 bridgehead atoms. The summed E-state index contributed by atoms with van der Waals surface area (Å²) in [7, 11) is 0. The Bertz CT molecular complexity index is 1420. The smallest absolute Gasteiger partial charge is 1.00 e. The van der Waals surface area contributed by atoms with Crippen LogP contribution in [0.2, 0.25) is 0 Å². The molecule has 0 nitrogen and oxygen atoms in total. The predicted molar refractivity (Wildman–Crippen MR) is 152 cm³/mol.